The molecule has 1 atom stereocenters. The van der Waals surface area contributed by atoms with Crippen molar-refractivity contribution in [2.24, 2.45) is 5.73 Å². The Morgan fingerprint density at radius 1 is 1.44 bits per heavy atom. The molecule has 1 amide bonds. The zero-order valence-electron chi connectivity index (χ0n) is 12.1. The highest BCUT2D eigenvalue weighted by molar-refractivity contribution is 5.78. The number of carbonyl (C=O) groups excluding carboxylic acids is 1. The van der Waals surface area contributed by atoms with Gasteiger partial charge in [-0.2, -0.15) is 0 Å². The molecule has 0 aromatic rings. The molecule has 0 bridgehead atoms. The first kappa shape index (κ1) is 15.4. The zero-order valence-corrected chi connectivity index (χ0v) is 12.1. The van der Waals surface area contributed by atoms with Gasteiger partial charge in [0.2, 0.25) is 5.91 Å². The van der Waals surface area contributed by atoms with Crippen LogP contribution < -0.4 is 5.73 Å². The van der Waals surface area contributed by atoms with Crippen molar-refractivity contribution in [3.8, 4) is 0 Å². The van der Waals surface area contributed by atoms with E-state index >= 15 is 0 Å². The molecule has 0 saturated carbocycles. The molecule has 1 saturated heterocycles. The summed E-state index contributed by atoms with van der Waals surface area (Å²) in [5.74, 6) is 0.211. The second kappa shape index (κ2) is 7.71. The fourth-order valence-electron chi connectivity index (χ4n) is 2.36. The van der Waals surface area contributed by atoms with Crippen molar-refractivity contribution in [2.45, 2.75) is 25.8 Å². The molecule has 0 radical (unpaired) electrons. The van der Waals surface area contributed by atoms with Gasteiger partial charge in [0.05, 0.1) is 6.54 Å². The van der Waals surface area contributed by atoms with Crippen molar-refractivity contribution in [3.05, 3.63) is 0 Å². The Labute approximate surface area is 111 Å². The number of carbonyl (C=O) groups is 1. The van der Waals surface area contributed by atoms with Gasteiger partial charge in [-0.25, -0.2) is 0 Å². The quantitative estimate of drug-likeness (QED) is 0.716. The van der Waals surface area contributed by atoms with Crippen molar-refractivity contribution < 1.29 is 4.79 Å². The topological polar surface area (TPSA) is 52.8 Å². The van der Waals surface area contributed by atoms with E-state index in [4.69, 9.17) is 5.73 Å². The van der Waals surface area contributed by atoms with Crippen LogP contribution in [0.2, 0.25) is 0 Å². The van der Waals surface area contributed by atoms with Gasteiger partial charge in [-0.3, -0.25) is 9.69 Å². The number of piperazine rings is 1. The molecule has 106 valence electrons. The maximum atomic E-state index is 12.0. The van der Waals surface area contributed by atoms with E-state index < -0.39 is 0 Å². The second-order valence-corrected chi connectivity index (χ2v) is 5.24. The Morgan fingerprint density at radius 2 is 2.17 bits per heavy atom. The molecule has 0 aromatic heterocycles. The van der Waals surface area contributed by atoms with Gasteiger partial charge in [-0.05, 0) is 26.4 Å². The third-order valence-corrected chi connectivity index (χ3v) is 3.81. The molecule has 0 aromatic carbocycles. The van der Waals surface area contributed by atoms with Gasteiger partial charge in [0, 0.05) is 39.3 Å². The van der Waals surface area contributed by atoms with E-state index in [1.165, 1.54) is 0 Å². The number of hydrogen-bond donors (Lipinski definition) is 1. The minimum atomic E-state index is 0.211. The van der Waals surface area contributed by atoms with Gasteiger partial charge in [0.1, 0.15) is 0 Å². The molecular formula is C13H28N4O. The molecule has 1 fully saturated rings. The molecule has 0 aliphatic carbocycles. The first-order valence-electron chi connectivity index (χ1n) is 6.95. The largest absolute Gasteiger partial charge is 0.345 e. The SMILES string of the molecule is CCC1CN(CC(=O)N(C)CCCN)CCN1C. The second-order valence-electron chi connectivity index (χ2n) is 5.24. The van der Waals surface area contributed by atoms with Gasteiger partial charge in [-0.15, -0.1) is 0 Å². The number of hydrogen-bond acceptors (Lipinski definition) is 4. The summed E-state index contributed by atoms with van der Waals surface area (Å²) in [5, 5.41) is 0. The van der Waals surface area contributed by atoms with Crippen LogP contribution >= 0.6 is 0 Å². The van der Waals surface area contributed by atoms with E-state index in [9.17, 15) is 4.79 Å². The third kappa shape index (κ3) is 4.55. The van der Waals surface area contributed by atoms with Crippen LogP contribution in [0.3, 0.4) is 0 Å². The van der Waals surface area contributed by atoms with Crippen LogP contribution in [0, 0.1) is 0 Å². The molecule has 5 nitrogen and oxygen atoms in total. The van der Waals surface area contributed by atoms with Gasteiger partial charge in [0.25, 0.3) is 0 Å². The molecule has 0 spiro atoms. The number of rotatable bonds is 6. The first-order valence-corrected chi connectivity index (χ1v) is 6.95. The van der Waals surface area contributed by atoms with Crippen molar-refractivity contribution in [1.29, 1.82) is 0 Å². The van der Waals surface area contributed by atoms with Gasteiger partial charge in [0.15, 0.2) is 0 Å². The first-order chi connectivity index (χ1) is 8.58. The summed E-state index contributed by atoms with van der Waals surface area (Å²) in [6.07, 6.45) is 2.02. The van der Waals surface area contributed by atoms with Crippen molar-refractivity contribution >= 4 is 5.91 Å². The fourth-order valence-corrected chi connectivity index (χ4v) is 2.36. The van der Waals surface area contributed by atoms with E-state index in [2.05, 4.69) is 23.8 Å². The van der Waals surface area contributed by atoms with Crippen LogP contribution in [0.5, 0.6) is 0 Å². The summed E-state index contributed by atoms with van der Waals surface area (Å²) in [4.78, 5) is 18.5. The molecule has 1 unspecified atom stereocenters. The van der Waals surface area contributed by atoms with Gasteiger partial charge >= 0.3 is 0 Å². The summed E-state index contributed by atoms with van der Waals surface area (Å²) >= 11 is 0. The molecule has 1 aliphatic heterocycles. The maximum absolute atomic E-state index is 12.0. The lowest BCUT2D eigenvalue weighted by Crippen LogP contribution is -2.53. The molecule has 1 heterocycles. The molecule has 1 aliphatic rings. The number of amides is 1. The van der Waals surface area contributed by atoms with Crippen LogP contribution in [-0.4, -0.2) is 80.0 Å². The standard InChI is InChI=1S/C13H28N4O/c1-4-12-10-17(9-8-15(12)2)11-13(18)16(3)7-5-6-14/h12H,4-11,14H2,1-3H3. The van der Waals surface area contributed by atoms with Crippen LogP contribution in [0.25, 0.3) is 0 Å². The zero-order chi connectivity index (χ0) is 13.5. The van der Waals surface area contributed by atoms with Crippen LogP contribution in [-0.2, 0) is 4.79 Å². The Kier molecular flexibility index (Phi) is 6.60. The Bertz CT molecular complexity index is 259. The van der Waals surface area contributed by atoms with Gasteiger partial charge < -0.3 is 15.5 Å². The Morgan fingerprint density at radius 3 is 2.78 bits per heavy atom. The summed E-state index contributed by atoms with van der Waals surface area (Å²) in [6, 6.07) is 0.584. The normalized spacial score (nSPS) is 22.1. The number of likely N-dealkylation sites (N-methyl/N-ethyl adjacent to an activating group) is 2. The molecule has 5 heteroatoms. The van der Waals surface area contributed by atoms with E-state index in [1.807, 2.05) is 7.05 Å². The smallest absolute Gasteiger partial charge is 0.236 e. The average molecular weight is 256 g/mol. The highest BCUT2D eigenvalue weighted by Gasteiger charge is 2.24. The minimum absolute atomic E-state index is 0.211. The van der Waals surface area contributed by atoms with E-state index in [-0.39, 0.29) is 5.91 Å². The van der Waals surface area contributed by atoms with Gasteiger partial charge in [-0.1, -0.05) is 6.92 Å². The summed E-state index contributed by atoms with van der Waals surface area (Å²) in [5.41, 5.74) is 5.46. The predicted molar refractivity (Wildman–Crippen MR) is 74.5 cm³/mol. The van der Waals surface area contributed by atoms with Crippen LogP contribution in [0.1, 0.15) is 19.8 Å². The highest BCUT2D eigenvalue weighted by atomic mass is 16.2. The Hall–Kier alpha value is -0.650. The number of nitrogens with two attached hydrogens (primary N) is 1. The fraction of sp³-hybridized carbons (Fsp3) is 0.923. The molecule has 2 N–H and O–H groups in total. The molecule has 18 heavy (non-hydrogen) atoms. The van der Waals surface area contributed by atoms with E-state index in [1.54, 1.807) is 4.90 Å². The molecule has 1 rings (SSSR count). The summed E-state index contributed by atoms with van der Waals surface area (Å²) in [6.45, 7) is 7.21. The number of nitrogens with zero attached hydrogens (tertiary/aromatic N) is 3. The maximum Gasteiger partial charge on any atom is 0.236 e. The van der Waals surface area contributed by atoms with Crippen molar-refractivity contribution in [3.63, 3.8) is 0 Å². The summed E-state index contributed by atoms with van der Waals surface area (Å²) in [7, 11) is 4.03. The lowest BCUT2D eigenvalue weighted by atomic mass is 10.1. The Balaban J connectivity index is 2.35. The highest BCUT2D eigenvalue weighted by Crippen LogP contribution is 2.10. The average Bonchev–Trinajstić information content (AvgIpc) is 2.37. The third-order valence-electron chi connectivity index (χ3n) is 3.81. The van der Waals surface area contributed by atoms with Crippen LogP contribution in [0.4, 0.5) is 0 Å². The molecular weight excluding hydrogens is 228 g/mol. The van der Waals surface area contributed by atoms with E-state index in [0.717, 1.165) is 39.0 Å². The van der Waals surface area contributed by atoms with E-state index in [0.29, 0.717) is 19.1 Å². The predicted octanol–water partition coefficient (Wildman–Crippen LogP) is -0.180. The summed E-state index contributed by atoms with van der Waals surface area (Å²) < 4.78 is 0. The van der Waals surface area contributed by atoms with Crippen molar-refractivity contribution in [2.75, 3.05) is 53.4 Å². The lowest BCUT2D eigenvalue weighted by Gasteiger charge is -2.39. The minimum Gasteiger partial charge on any atom is -0.345 e. The van der Waals surface area contributed by atoms with Crippen LogP contribution in [0.15, 0.2) is 0 Å². The lowest BCUT2D eigenvalue weighted by molar-refractivity contribution is -0.131. The monoisotopic (exact) mass is 256 g/mol. The van der Waals surface area contributed by atoms with Crippen molar-refractivity contribution in [1.82, 2.24) is 14.7 Å².